The monoisotopic (exact) mass is 398 g/mol. The van der Waals surface area contributed by atoms with Crippen LogP contribution in [0.1, 0.15) is 50.7 Å². The molecule has 1 aliphatic heterocycles. The van der Waals surface area contributed by atoms with Gasteiger partial charge in [-0.05, 0) is 35.1 Å². The highest BCUT2D eigenvalue weighted by molar-refractivity contribution is 7.94. The van der Waals surface area contributed by atoms with Gasteiger partial charge in [-0.25, -0.2) is 27.1 Å². The van der Waals surface area contributed by atoms with Crippen LogP contribution in [0.25, 0.3) is 0 Å². The third kappa shape index (κ3) is 4.97. The molecule has 0 aliphatic carbocycles. The summed E-state index contributed by atoms with van der Waals surface area (Å²) in [5.41, 5.74) is 1.52. The lowest BCUT2D eigenvalue weighted by atomic mass is 9.92. The van der Waals surface area contributed by atoms with Gasteiger partial charge in [-0.2, -0.15) is 0 Å². The molecule has 8 nitrogen and oxygen atoms in total. The maximum Gasteiger partial charge on any atom is 0.333 e. The third-order valence-corrected chi connectivity index (χ3v) is 5.41. The van der Waals surface area contributed by atoms with Crippen molar-refractivity contribution in [1.82, 2.24) is 15.4 Å². The van der Waals surface area contributed by atoms with Gasteiger partial charge in [0, 0.05) is 11.9 Å². The molecule has 1 aromatic rings. The van der Waals surface area contributed by atoms with E-state index in [-0.39, 0.29) is 23.3 Å². The van der Waals surface area contributed by atoms with Gasteiger partial charge in [0.15, 0.2) is 0 Å². The van der Waals surface area contributed by atoms with E-state index >= 15 is 0 Å². The molecule has 4 N–H and O–H groups in total. The van der Waals surface area contributed by atoms with Crippen molar-refractivity contribution in [2.45, 2.75) is 39.5 Å². The SMILES string of the molecule is CC(C)c1cc(F)cc(C(C)C)c1NC(=O)NS(=O)(=O)C1=CNC(=O)NC1. The van der Waals surface area contributed by atoms with Crippen molar-refractivity contribution in [3.63, 3.8) is 0 Å². The Morgan fingerprint density at radius 2 is 1.70 bits per heavy atom. The molecule has 27 heavy (non-hydrogen) atoms. The van der Waals surface area contributed by atoms with Gasteiger partial charge in [0.05, 0.1) is 6.54 Å². The Morgan fingerprint density at radius 1 is 1.15 bits per heavy atom. The zero-order valence-electron chi connectivity index (χ0n) is 15.5. The maximum absolute atomic E-state index is 13.9. The number of nitrogens with one attached hydrogen (secondary N) is 4. The zero-order chi connectivity index (χ0) is 20.4. The fourth-order valence-corrected chi connectivity index (χ4v) is 3.52. The maximum atomic E-state index is 13.9. The van der Waals surface area contributed by atoms with E-state index < -0.39 is 27.9 Å². The third-order valence-electron chi connectivity index (χ3n) is 4.01. The minimum Gasteiger partial charge on any atom is -0.333 e. The summed E-state index contributed by atoms with van der Waals surface area (Å²) in [5, 5.41) is 7.06. The molecule has 0 spiro atoms. The number of sulfonamides is 1. The van der Waals surface area contributed by atoms with Crippen LogP contribution in [0.5, 0.6) is 0 Å². The van der Waals surface area contributed by atoms with Crippen LogP contribution >= 0.6 is 0 Å². The first kappa shape index (κ1) is 20.7. The molecule has 1 heterocycles. The first-order valence-electron chi connectivity index (χ1n) is 8.41. The van der Waals surface area contributed by atoms with Gasteiger partial charge in [0.2, 0.25) is 0 Å². The quantitative estimate of drug-likeness (QED) is 0.610. The molecular formula is C17H23FN4O4S. The van der Waals surface area contributed by atoms with E-state index in [9.17, 15) is 22.4 Å². The Morgan fingerprint density at radius 3 is 2.15 bits per heavy atom. The average molecular weight is 398 g/mol. The molecule has 1 aliphatic rings. The van der Waals surface area contributed by atoms with Crippen LogP contribution in [-0.4, -0.2) is 27.0 Å². The van der Waals surface area contributed by atoms with Crippen LogP contribution in [0.15, 0.2) is 23.2 Å². The van der Waals surface area contributed by atoms with Crippen LogP contribution in [0, 0.1) is 5.82 Å². The Balaban J connectivity index is 2.29. The second kappa shape index (κ2) is 7.95. The van der Waals surface area contributed by atoms with E-state index in [1.165, 1.54) is 12.1 Å². The molecule has 2 rings (SSSR count). The minimum atomic E-state index is -4.15. The summed E-state index contributed by atoms with van der Waals surface area (Å²) in [6, 6.07) is 1.14. The summed E-state index contributed by atoms with van der Waals surface area (Å²) in [7, 11) is -4.15. The number of benzene rings is 1. The van der Waals surface area contributed by atoms with Crippen LogP contribution in [0.2, 0.25) is 0 Å². The molecule has 0 atom stereocenters. The standard InChI is InChI=1S/C17H23FN4O4S/c1-9(2)13-5-11(18)6-14(10(3)4)15(13)21-17(24)22-27(25,26)12-7-19-16(23)20-8-12/h5-7,9-10H,8H2,1-4H3,(H2,19,20,23)(H2,21,22,24). The number of amides is 4. The van der Waals surface area contributed by atoms with Gasteiger partial charge in [-0.15, -0.1) is 0 Å². The minimum absolute atomic E-state index is 0.0921. The molecule has 0 unspecified atom stereocenters. The normalized spacial score (nSPS) is 14.5. The van der Waals surface area contributed by atoms with Gasteiger partial charge >= 0.3 is 12.1 Å². The van der Waals surface area contributed by atoms with Crippen molar-refractivity contribution in [2.24, 2.45) is 0 Å². The Labute approximate surface area is 157 Å². The summed E-state index contributed by atoms with van der Waals surface area (Å²) in [6.07, 6.45) is 1.02. The lowest BCUT2D eigenvalue weighted by Gasteiger charge is -2.21. The highest BCUT2D eigenvalue weighted by Crippen LogP contribution is 2.33. The summed E-state index contributed by atoms with van der Waals surface area (Å²) in [6.45, 7) is 7.15. The van der Waals surface area contributed by atoms with Gasteiger partial charge in [0.1, 0.15) is 10.7 Å². The van der Waals surface area contributed by atoms with E-state index in [4.69, 9.17) is 0 Å². The molecule has 148 valence electrons. The van der Waals surface area contributed by atoms with E-state index in [1.54, 1.807) is 0 Å². The number of urea groups is 2. The fraction of sp³-hybridized carbons (Fsp3) is 0.412. The smallest absolute Gasteiger partial charge is 0.333 e. The Kier molecular flexibility index (Phi) is 6.09. The van der Waals surface area contributed by atoms with E-state index in [0.29, 0.717) is 16.8 Å². The molecule has 4 amide bonds. The molecule has 0 aromatic heterocycles. The molecule has 0 saturated carbocycles. The second-order valence-corrected chi connectivity index (χ2v) is 8.50. The molecule has 0 radical (unpaired) electrons. The summed E-state index contributed by atoms with van der Waals surface area (Å²) in [5.74, 6) is -0.605. The number of carbonyl (C=O) groups is 2. The van der Waals surface area contributed by atoms with Gasteiger partial charge < -0.3 is 16.0 Å². The van der Waals surface area contributed by atoms with E-state index in [0.717, 1.165) is 6.20 Å². The predicted molar refractivity (Wildman–Crippen MR) is 100 cm³/mol. The first-order chi connectivity index (χ1) is 12.5. The predicted octanol–water partition coefficient (Wildman–Crippen LogP) is 2.68. The van der Waals surface area contributed by atoms with Gasteiger partial charge in [0.25, 0.3) is 10.0 Å². The molecule has 0 fully saturated rings. The number of carbonyl (C=O) groups excluding carboxylic acids is 2. The highest BCUT2D eigenvalue weighted by atomic mass is 32.2. The lowest BCUT2D eigenvalue weighted by molar-refractivity contribution is 0.244. The molecule has 0 saturated heterocycles. The van der Waals surface area contributed by atoms with Crippen molar-refractivity contribution in [1.29, 1.82) is 0 Å². The van der Waals surface area contributed by atoms with Crippen molar-refractivity contribution in [3.05, 3.63) is 40.2 Å². The van der Waals surface area contributed by atoms with Crippen LogP contribution in [-0.2, 0) is 10.0 Å². The van der Waals surface area contributed by atoms with Crippen molar-refractivity contribution < 1.29 is 22.4 Å². The fourth-order valence-electron chi connectivity index (χ4n) is 2.62. The first-order valence-corrected chi connectivity index (χ1v) is 9.90. The van der Waals surface area contributed by atoms with E-state index in [1.807, 2.05) is 32.4 Å². The largest absolute Gasteiger partial charge is 0.333 e. The van der Waals surface area contributed by atoms with Crippen molar-refractivity contribution >= 4 is 27.8 Å². The zero-order valence-corrected chi connectivity index (χ0v) is 16.3. The topological polar surface area (TPSA) is 116 Å². The Bertz CT molecular complexity index is 865. The van der Waals surface area contributed by atoms with Crippen LogP contribution < -0.4 is 20.7 Å². The molecular weight excluding hydrogens is 375 g/mol. The molecule has 10 heteroatoms. The summed E-state index contributed by atoms with van der Waals surface area (Å²) >= 11 is 0. The number of halogens is 1. The Hall–Kier alpha value is -2.62. The number of rotatable bonds is 5. The average Bonchev–Trinajstić information content (AvgIpc) is 2.55. The number of anilines is 1. The summed E-state index contributed by atoms with van der Waals surface area (Å²) < 4.78 is 40.4. The molecule has 1 aromatic carbocycles. The second-order valence-electron chi connectivity index (χ2n) is 6.77. The van der Waals surface area contributed by atoms with Crippen molar-refractivity contribution in [3.8, 4) is 0 Å². The van der Waals surface area contributed by atoms with Crippen LogP contribution in [0.3, 0.4) is 0 Å². The summed E-state index contributed by atoms with van der Waals surface area (Å²) in [4.78, 5) is 23.2. The van der Waals surface area contributed by atoms with Crippen LogP contribution in [0.4, 0.5) is 19.7 Å². The number of hydrogen-bond acceptors (Lipinski definition) is 4. The van der Waals surface area contributed by atoms with Crippen molar-refractivity contribution in [2.75, 3.05) is 11.9 Å². The van der Waals surface area contributed by atoms with E-state index in [2.05, 4.69) is 16.0 Å². The lowest BCUT2D eigenvalue weighted by Crippen LogP contribution is -2.44. The van der Waals surface area contributed by atoms with Gasteiger partial charge in [-0.1, -0.05) is 27.7 Å². The molecule has 0 bridgehead atoms. The number of hydrogen-bond donors (Lipinski definition) is 4. The highest BCUT2D eigenvalue weighted by Gasteiger charge is 2.25. The van der Waals surface area contributed by atoms with Gasteiger partial charge in [-0.3, -0.25) is 0 Å².